The summed E-state index contributed by atoms with van der Waals surface area (Å²) in [5, 5.41) is 6.00. The second-order valence-corrected chi connectivity index (χ2v) is 6.71. The molecular formula is C22H22N4O3. The summed E-state index contributed by atoms with van der Waals surface area (Å²) in [5.74, 6) is -0.321. The van der Waals surface area contributed by atoms with E-state index in [1.807, 2.05) is 32.9 Å². The van der Waals surface area contributed by atoms with E-state index >= 15 is 0 Å². The minimum atomic E-state index is -0.430. The molecule has 1 aromatic heterocycles. The van der Waals surface area contributed by atoms with E-state index in [1.165, 1.54) is 13.4 Å². The summed E-state index contributed by atoms with van der Waals surface area (Å²) in [5.41, 5.74) is 5.18. The summed E-state index contributed by atoms with van der Waals surface area (Å²) in [6.07, 6.45) is 1.32. The van der Waals surface area contributed by atoms with E-state index in [1.54, 1.807) is 30.3 Å². The van der Waals surface area contributed by atoms with Crippen LogP contribution in [0.1, 0.15) is 37.5 Å². The zero-order chi connectivity index (χ0) is 21.0. The van der Waals surface area contributed by atoms with Crippen LogP contribution in [0.25, 0.3) is 0 Å². The van der Waals surface area contributed by atoms with Gasteiger partial charge in [-0.25, -0.2) is 14.8 Å². The van der Waals surface area contributed by atoms with Crippen molar-refractivity contribution in [3.8, 4) is 0 Å². The first kappa shape index (κ1) is 20.0. The lowest BCUT2D eigenvalue weighted by Gasteiger charge is -2.13. The Bertz CT molecular complexity index is 1060. The van der Waals surface area contributed by atoms with E-state index in [4.69, 9.17) is 4.74 Å². The van der Waals surface area contributed by atoms with Crippen LogP contribution in [-0.2, 0) is 4.74 Å². The lowest BCUT2D eigenvalue weighted by molar-refractivity contribution is 0.0600. The van der Waals surface area contributed by atoms with Crippen molar-refractivity contribution in [2.75, 3.05) is 17.7 Å². The number of aryl methyl sites for hydroxylation is 3. The Hall–Kier alpha value is -3.74. The molecule has 0 aliphatic carbocycles. The molecule has 0 atom stereocenters. The molecule has 2 N–H and O–H groups in total. The van der Waals surface area contributed by atoms with Gasteiger partial charge in [-0.15, -0.1) is 0 Å². The van der Waals surface area contributed by atoms with Gasteiger partial charge in [0.1, 0.15) is 17.8 Å². The number of aromatic nitrogens is 2. The molecule has 0 fully saturated rings. The minimum Gasteiger partial charge on any atom is -0.465 e. The molecule has 3 aromatic rings. The second-order valence-electron chi connectivity index (χ2n) is 6.71. The third-order valence-electron chi connectivity index (χ3n) is 4.37. The summed E-state index contributed by atoms with van der Waals surface area (Å²) in [6, 6.07) is 12.4. The number of nitrogens with one attached hydrogen (secondary N) is 2. The Morgan fingerprint density at radius 2 is 1.69 bits per heavy atom. The number of hydrogen-bond donors (Lipinski definition) is 2. The van der Waals surface area contributed by atoms with E-state index < -0.39 is 5.97 Å². The minimum absolute atomic E-state index is 0.228. The summed E-state index contributed by atoms with van der Waals surface area (Å²) in [7, 11) is 1.33. The maximum atomic E-state index is 12.7. The van der Waals surface area contributed by atoms with Crippen LogP contribution < -0.4 is 10.6 Å². The highest BCUT2D eigenvalue weighted by atomic mass is 16.5. The number of hydrogen-bond acceptors (Lipinski definition) is 6. The van der Waals surface area contributed by atoms with Crippen molar-refractivity contribution >= 4 is 29.1 Å². The highest BCUT2D eigenvalue weighted by molar-refractivity contribution is 6.04. The standard InChI is InChI=1S/C22H22N4O3/c1-13-8-14(2)20(15(3)9-13)26-21(27)18-11-19(24-12-23-18)25-17-7-5-6-16(10-17)22(28)29-4/h5-12H,1-4H3,(H,26,27)(H,23,24,25). The third kappa shape index (κ3) is 4.76. The normalized spacial score (nSPS) is 10.3. The monoisotopic (exact) mass is 390 g/mol. The van der Waals surface area contributed by atoms with E-state index in [0.29, 0.717) is 17.1 Å². The number of ether oxygens (including phenoxy) is 1. The molecule has 1 heterocycles. The number of anilines is 3. The Labute approximate surface area is 169 Å². The molecule has 0 spiro atoms. The average molecular weight is 390 g/mol. The van der Waals surface area contributed by atoms with Crippen molar-refractivity contribution in [2.45, 2.75) is 20.8 Å². The summed E-state index contributed by atoms with van der Waals surface area (Å²) in [4.78, 5) is 32.6. The van der Waals surface area contributed by atoms with E-state index in [2.05, 4.69) is 20.6 Å². The number of nitrogens with zero attached hydrogens (tertiary/aromatic N) is 2. The molecule has 1 amide bonds. The van der Waals surface area contributed by atoms with Crippen LogP contribution in [0, 0.1) is 20.8 Å². The molecule has 0 aliphatic rings. The Kier molecular flexibility index (Phi) is 5.87. The Morgan fingerprint density at radius 1 is 0.966 bits per heavy atom. The molecule has 0 radical (unpaired) electrons. The molecule has 0 unspecified atom stereocenters. The number of carbonyl (C=O) groups excluding carboxylic acids is 2. The lowest BCUT2D eigenvalue weighted by atomic mass is 10.0. The van der Waals surface area contributed by atoms with Crippen molar-refractivity contribution in [1.29, 1.82) is 0 Å². The van der Waals surface area contributed by atoms with Gasteiger partial charge in [0.25, 0.3) is 5.91 Å². The molecule has 0 bridgehead atoms. The zero-order valence-corrected chi connectivity index (χ0v) is 16.7. The molecule has 29 heavy (non-hydrogen) atoms. The van der Waals surface area contributed by atoms with Gasteiger partial charge >= 0.3 is 5.97 Å². The Morgan fingerprint density at radius 3 is 2.38 bits per heavy atom. The number of amides is 1. The Balaban J connectivity index is 1.79. The highest BCUT2D eigenvalue weighted by Crippen LogP contribution is 2.23. The van der Waals surface area contributed by atoms with Crippen LogP contribution in [0.2, 0.25) is 0 Å². The molecule has 3 rings (SSSR count). The first-order chi connectivity index (χ1) is 13.9. The summed E-state index contributed by atoms with van der Waals surface area (Å²) >= 11 is 0. The molecular weight excluding hydrogens is 368 g/mol. The zero-order valence-electron chi connectivity index (χ0n) is 16.7. The van der Waals surface area contributed by atoms with Crippen molar-refractivity contribution in [2.24, 2.45) is 0 Å². The van der Waals surface area contributed by atoms with Crippen LogP contribution in [0.4, 0.5) is 17.2 Å². The fourth-order valence-corrected chi connectivity index (χ4v) is 3.09. The number of rotatable bonds is 5. The molecule has 7 nitrogen and oxygen atoms in total. The summed E-state index contributed by atoms with van der Waals surface area (Å²) < 4.78 is 4.73. The smallest absolute Gasteiger partial charge is 0.337 e. The highest BCUT2D eigenvalue weighted by Gasteiger charge is 2.13. The molecule has 7 heteroatoms. The van der Waals surface area contributed by atoms with Gasteiger partial charge in [0, 0.05) is 17.4 Å². The largest absolute Gasteiger partial charge is 0.465 e. The topological polar surface area (TPSA) is 93.2 Å². The summed E-state index contributed by atoms with van der Waals surface area (Å²) in [6.45, 7) is 5.93. The first-order valence-electron chi connectivity index (χ1n) is 9.04. The van der Waals surface area contributed by atoms with Gasteiger partial charge in [-0.05, 0) is 50.1 Å². The lowest BCUT2D eigenvalue weighted by Crippen LogP contribution is -2.16. The van der Waals surface area contributed by atoms with Crippen molar-refractivity contribution in [3.63, 3.8) is 0 Å². The van der Waals surface area contributed by atoms with Crippen molar-refractivity contribution < 1.29 is 14.3 Å². The van der Waals surface area contributed by atoms with Crippen LogP contribution in [0.15, 0.2) is 48.8 Å². The van der Waals surface area contributed by atoms with Gasteiger partial charge in [-0.3, -0.25) is 4.79 Å². The van der Waals surface area contributed by atoms with E-state index in [9.17, 15) is 9.59 Å². The van der Waals surface area contributed by atoms with Gasteiger partial charge in [0.15, 0.2) is 0 Å². The average Bonchev–Trinajstić information content (AvgIpc) is 2.70. The van der Waals surface area contributed by atoms with Gasteiger partial charge in [0.05, 0.1) is 12.7 Å². The van der Waals surface area contributed by atoms with Crippen LogP contribution in [0.3, 0.4) is 0 Å². The van der Waals surface area contributed by atoms with Crippen molar-refractivity contribution in [1.82, 2.24) is 9.97 Å². The maximum absolute atomic E-state index is 12.7. The SMILES string of the molecule is COC(=O)c1cccc(Nc2cc(C(=O)Nc3c(C)cc(C)cc3C)ncn2)c1. The van der Waals surface area contributed by atoms with Gasteiger partial charge in [-0.1, -0.05) is 23.8 Å². The third-order valence-corrected chi connectivity index (χ3v) is 4.37. The number of esters is 1. The second kappa shape index (κ2) is 8.52. The van der Waals surface area contributed by atoms with Gasteiger partial charge in [0.2, 0.25) is 0 Å². The first-order valence-corrected chi connectivity index (χ1v) is 9.04. The van der Waals surface area contributed by atoms with Crippen LogP contribution >= 0.6 is 0 Å². The van der Waals surface area contributed by atoms with Crippen molar-refractivity contribution in [3.05, 3.63) is 76.7 Å². The number of methoxy groups -OCH3 is 1. The number of carbonyl (C=O) groups is 2. The fraction of sp³-hybridized carbons (Fsp3) is 0.182. The predicted octanol–water partition coefficient (Wildman–Crippen LogP) is 4.18. The van der Waals surface area contributed by atoms with Crippen LogP contribution in [-0.4, -0.2) is 29.0 Å². The number of benzene rings is 2. The predicted molar refractivity (Wildman–Crippen MR) is 112 cm³/mol. The molecule has 148 valence electrons. The van der Waals surface area contributed by atoms with Gasteiger partial charge in [-0.2, -0.15) is 0 Å². The molecule has 0 aliphatic heterocycles. The molecule has 0 saturated heterocycles. The van der Waals surface area contributed by atoms with E-state index in [0.717, 1.165) is 22.4 Å². The van der Waals surface area contributed by atoms with Gasteiger partial charge < -0.3 is 15.4 Å². The molecule has 2 aromatic carbocycles. The van der Waals surface area contributed by atoms with E-state index in [-0.39, 0.29) is 11.6 Å². The quantitative estimate of drug-likeness (QED) is 0.635. The molecule has 0 saturated carbocycles. The fourth-order valence-electron chi connectivity index (χ4n) is 3.09. The van der Waals surface area contributed by atoms with Crippen LogP contribution in [0.5, 0.6) is 0 Å². The maximum Gasteiger partial charge on any atom is 0.337 e.